The van der Waals surface area contributed by atoms with Gasteiger partial charge >= 0.3 is 0 Å². The summed E-state index contributed by atoms with van der Waals surface area (Å²) in [6.07, 6.45) is 4.05. The van der Waals surface area contributed by atoms with Crippen molar-refractivity contribution >= 4 is 17.5 Å². The summed E-state index contributed by atoms with van der Waals surface area (Å²) in [6.45, 7) is 1.63. The van der Waals surface area contributed by atoms with Crippen LogP contribution in [0.15, 0.2) is 24.3 Å². The molecule has 1 aliphatic carbocycles. The topological polar surface area (TPSA) is 61.4 Å². The quantitative estimate of drug-likeness (QED) is 0.872. The third-order valence-electron chi connectivity index (χ3n) is 4.40. The normalized spacial score (nSPS) is 21.0. The average Bonchev–Trinajstić information content (AvgIpc) is 3.28. The standard InChI is InChI=1S/C17H23N3O2/c1-18-11-15-6-3-9-20(15)17(22)13-4-2-5-14(10-13)19-16(21)12-7-8-12/h2,4-5,10,12,15,18H,3,6-9,11H2,1H3,(H,19,21). The van der Waals surface area contributed by atoms with Crippen molar-refractivity contribution in [3.63, 3.8) is 0 Å². The summed E-state index contributed by atoms with van der Waals surface area (Å²) in [5.74, 6) is 0.289. The minimum atomic E-state index is 0.0558. The highest BCUT2D eigenvalue weighted by molar-refractivity contribution is 5.98. The summed E-state index contributed by atoms with van der Waals surface area (Å²) in [7, 11) is 1.91. The van der Waals surface area contributed by atoms with Gasteiger partial charge in [-0.25, -0.2) is 0 Å². The molecule has 1 saturated carbocycles. The van der Waals surface area contributed by atoms with Crippen molar-refractivity contribution in [2.24, 2.45) is 5.92 Å². The molecule has 2 amide bonds. The lowest BCUT2D eigenvalue weighted by atomic mass is 10.1. The number of carbonyl (C=O) groups is 2. The Kier molecular flexibility index (Phi) is 4.43. The first-order valence-electron chi connectivity index (χ1n) is 8.05. The minimum absolute atomic E-state index is 0.0558. The van der Waals surface area contributed by atoms with Crippen molar-refractivity contribution in [3.8, 4) is 0 Å². The molecule has 1 heterocycles. The predicted octanol–water partition coefficient (Wildman–Crippen LogP) is 1.86. The van der Waals surface area contributed by atoms with E-state index in [4.69, 9.17) is 0 Å². The van der Waals surface area contributed by atoms with Gasteiger partial charge in [-0.3, -0.25) is 9.59 Å². The number of nitrogens with one attached hydrogen (secondary N) is 2. The van der Waals surface area contributed by atoms with Gasteiger partial charge in [0.05, 0.1) is 0 Å². The molecule has 3 rings (SSSR count). The number of anilines is 1. The number of likely N-dealkylation sites (N-methyl/N-ethyl adjacent to an activating group) is 1. The van der Waals surface area contributed by atoms with E-state index in [2.05, 4.69) is 10.6 Å². The Labute approximate surface area is 131 Å². The second-order valence-electron chi connectivity index (χ2n) is 6.20. The lowest BCUT2D eigenvalue weighted by molar-refractivity contribution is -0.117. The van der Waals surface area contributed by atoms with Crippen LogP contribution in [0.1, 0.15) is 36.0 Å². The highest BCUT2D eigenvalue weighted by atomic mass is 16.2. The summed E-state index contributed by atoms with van der Waals surface area (Å²) in [5, 5.41) is 6.06. The Morgan fingerprint density at radius 2 is 2.09 bits per heavy atom. The van der Waals surface area contributed by atoms with E-state index in [1.807, 2.05) is 30.1 Å². The minimum Gasteiger partial charge on any atom is -0.334 e. The van der Waals surface area contributed by atoms with Gasteiger partial charge in [0.2, 0.25) is 5.91 Å². The van der Waals surface area contributed by atoms with Crippen LogP contribution in [0.3, 0.4) is 0 Å². The zero-order chi connectivity index (χ0) is 15.5. The van der Waals surface area contributed by atoms with Crippen LogP contribution in [0.5, 0.6) is 0 Å². The molecule has 0 bridgehead atoms. The van der Waals surface area contributed by atoms with E-state index in [9.17, 15) is 9.59 Å². The molecule has 2 N–H and O–H groups in total. The first-order valence-corrected chi connectivity index (χ1v) is 8.05. The highest BCUT2D eigenvalue weighted by Crippen LogP contribution is 2.30. The molecular formula is C17H23N3O2. The lowest BCUT2D eigenvalue weighted by Gasteiger charge is -2.24. The van der Waals surface area contributed by atoms with Crippen LogP contribution in [-0.4, -0.2) is 42.9 Å². The van der Waals surface area contributed by atoms with Crippen LogP contribution in [0.2, 0.25) is 0 Å². The summed E-state index contributed by atoms with van der Waals surface area (Å²) in [5.41, 5.74) is 1.36. The van der Waals surface area contributed by atoms with E-state index in [0.717, 1.165) is 38.8 Å². The molecule has 1 aromatic rings. The van der Waals surface area contributed by atoms with E-state index in [0.29, 0.717) is 11.3 Å². The van der Waals surface area contributed by atoms with E-state index in [1.54, 1.807) is 6.07 Å². The van der Waals surface area contributed by atoms with Gasteiger partial charge < -0.3 is 15.5 Å². The summed E-state index contributed by atoms with van der Waals surface area (Å²) in [4.78, 5) is 26.5. The number of hydrogen-bond donors (Lipinski definition) is 2. The maximum Gasteiger partial charge on any atom is 0.254 e. The number of hydrogen-bond acceptors (Lipinski definition) is 3. The monoisotopic (exact) mass is 301 g/mol. The van der Waals surface area contributed by atoms with Crippen molar-refractivity contribution in [2.45, 2.75) is 31.7 Å². The van der Waals surface area contributed by atoms with Crippen LogP contribution in [0.25, 0.3) is 0 Å². The van der Waals surface area contributed by atoms with Crippen molar-refractivity contribution < 1.29 is 9.59 Å². The molecule has 1 saturated heterocycles. The lowest BCUT2D eigenvalue weighted by Crippen LogP contribution is -2.40. The SMILES string of the molecule is CNCC1CCCN1C(=O)c1cccc(NC(=O)C2CC2)c1. The molecule has 0 radical (unpaired) electrons. The fourth-order valence-corrected chi connectivity index (χ4v) is 3.04. The van der Waals surface area contributed by atoms with E-state index >= 15 is 0 Å². The molecular weight excluding hydrogens is 278 g/mol. The van der Waals surface area contributed by atoms with Gasteiger partial charge in [-0.05, 0) is 50.9 Å². The van der Waals surface area contributed by atoms with Gasteiger partial charge in [-0.1, -0.05) is 6.07 Å². The fourth-order valence-electron chi connectivity index (χ4n) is 3.04. The molecule has 22 heavy (non-hydrogen) atoms. The van der Waals surface area contributed by atoms with E-state index in [1.165, 1.54) is 0 Å². The third-order valence-corrected chi connectivity index (χ3v) is 4.40. The van der Waals surface area contributed by atoms with Crippen LogP contribution in [0, 0.1) is 5.92 Å². The molecule has 5 nitrogen and oxygen atoms in total. The van der Waals surface area contributed by atoms with Crippen molar-refractivity contribution in [1.29, 1.82) is 0 Å². The predicted molar refractivity (Wildman–Crippen MR) is 85.8 cm³/mol. The molecule has 118 valence electrons. The Bertz CT molecular complexity index is 569. The van der Waals surface area contributed by atoms with Crippen molar-refractivity contribution in [1.82, 2.24) is 10.2 Å². The fraction of sp³-hybridized carbons (Fsp3) is 0.529. The molecule has 1 unspecified atom stereocenters. The number of likely N-dealkylation sites (tertiary alicyclic amines) is 1. The zero-order valence-corrected chi connectivity index (χ0v) is 13.0. The largest absolute Gasteiger partial charge is 0.334 e. The van der Waals surface area contributed by atoms with E-state index < -0.39 is 0 Å². The van der Waals surface area contributed by atoms with Crippen LogP contribution in [0.4, 0.5) is 5.69 Å². The number of rotatable bonds is 5. The summed E-state index contributed by atoms with van der Waals surface area (Å²) in [6, 6.07) is 7.55. The van der Waals surface area contributed by atoms with Crippen LogP contribution in [-0.2, 0) is 4.79 Å². The molecule has 1 aromatic carbocycles. The van der Waals surface area contributed by atoms with Gasteiger partial charge in [0, 0.05) is 36.3 Å². The average molecular weight is 301 g/mol. The molecule has 0 spiro atoms. The van der Waals surface area contributed by atoms with Gasteiger partial charge in [0.1, 0.15) is 0 Å². The second-order valence-corrected chi connectivity index (χ2v) is 6.20. The smallest absolute Gasteiger partial charge is 0.254 e. The first-order chi connectivity index (χ1) is 10.7. The number of nitrogens with zero attached hydrogens (tertiary/aromatic N) is 1. The van der Waals surface area contributed by atoms with Gasteiger partial charge in [0.15, 0.2) is 0 Å². The highest BCUT2D eigenvalue weighted by Gasteiger charge is 2.30. The number of benzene rings is 1. The number of carbonyl (C=O) groups excluding carboxylic acids is 2. The molecule has 2 fully saturated rings. The zero-order valence-electron chi connectivity index (χ0n) is 13.0. The molecule has 1 atom stereocenters. The first kappa shape index (κ1) is 15.0. The number of amides is 2. The van der Waals surface area contributed by atoms with Gasteiger partial charge in [0.25, 0.3) is 5.91 Å². The molecule has 0 aromatic heterocycles. The van der Waals surface area contributed by atoms with Crippen LogP contribution >= 0.6 is 0 Å². The van der Waals surface area contributed by atoms with Crippen LogP contribution < -0.4 is 10.6 Å². The van der Waals surface area contributed by atoms with Gasteiger partial charge in [-0.15, -0.1) is 0 Å². The molecule has 1 aliphatic heterocycles. The third kappa shape index (κ3) is 3.30. The Morgan fingerprint density at radius 3 is 2.82 bits per heavy atom. The Balaban J connectivity index is 1.70. The maximum absolute atomic E-state index is 12.7. The second kappa shape index (κ2) is 6.48. The Hall–Kier alpha value is -1.88. The van der Waals surface area contributed by atoms with E-state index in [-0.39, 0.29) is 23.8 Å². The summed E-state index contributed by atoms with van der Waals surface area (Å²) < 4.78 is 0. The molecule has 2 aliphatic rings. The van der Waals surface area contributed by atoms with Gasteiger partial charge in [-0.2, -0.15) is 0 Å². The summed E-state index contributed by atoms with van der Waals surface area (Å²) >= 11 is 0. The Morgan fingerprint density at radius 1 is 1.27 bits per heavy atom. The molecule has 5 heteroatoms. The van der Waals surface area contributed by atoms with Crippen molar-refractivity contribution in [3.05, 3.63) is 29.8 Å². The maximum atomic E-state index is 12.7. The van der Waals surface area contributed by atoms with Crippen molar-refractivity contribution in [2.75, 3.05) is 25.5 Å².